The molecule has 1 heterocycles. The Kier molecular flexibility index (Phi) is 3.28. The highest BCUT2D eigenvalue weighted by Gasteiger charge is 2.26. The molecule has 0 aromatic heterocycles. The van der Waals surface area contributed by atoms with Crippen molar-refractivity contribution in [2.24, 2.45) is 5.92 Å². The molecule has 0 saturated carbocycles. The van der Waals surface area contributed by atoms with Crippen LogP contribution in [0.5, 0.6) is 0 Å². The van der Waals surface area contributed by atoms with Gasteiger partial charge in [0.2, 0.25) is 5.91 Å². The zero-order chi connectivity index (χ0) is 9.84. The third kappa shape index (κ3) is 2.44. The third-order valence-corrected chi connectivity index (χ3v) is 2.41. The van der Waals surface area contributed by atoms with Crippen LogP contribution >= 0.6 is 0 Å². The lowest BCUT2D eigenvalue weighted by Crippen LogP contribution is -2.41. The maximum Gasteiger partial charge on any atom is 0.315 e. The van der Waals surface area contributed by atoms with Gasteiger partial charge in [-0.15, -0.1) is 0 Å². The van der Waals surface area contributed by atoms with Crippen molar-refractivity contribution in [2.75, 3.05) is 13.1 Å². The van der Waals surface area contributed by atoms with E-state index in [0.717, 1.165) is 32.4 Å². The Bertz CT molecular complexity index is 209. The van der Waals surface area contributed by atoms with Crippen LogP contribution < -0.4 is 0 Å². The molecule has 1 atom stereocenters. The Labute approximate surface area is 77.5 Å². The van der Waals surface area contributed by atoms with E-state index in [1.165, 1.54) is 6.92 Å². The van der Waals surface area contributed by atoms with Gasteiger partial charge in [-0.2, -0.15) is 0 Å². The van der Waals surface area contributed by atoms with Gasteiger partial charge in [0.1, 0.15) is 5.92 Å². The molecule has 1 fully saturated rings. The van der Waals surface area contributed by atoms with Crippen molar-refractivity contribution in [3.05, 3.63) is 0 Å². The van der Waals surface area contributed by atoms with E-state index < -0.39 is 11.9 Å². The molecule has 1 unspecified atom stereocenters. The summed E-state index contributed by atoms with van der Waals surface area (Å²) in [6, 6.07) is 0. The maximum absolute atomic E-state index is 11.5. The molecule has 4 heteroatoms. The monoisotopic (exact) mass is 185 g/mol. The lowest BCUT2D eigenvalue weighted by Gasteiger charge is -2.27. The zero-order valence-corrected chi connectivity index (χ0v) is 7.82. The minimum absolute atomic E-state index is 0.243. The summed E-state index contributed by atoms with van der Waals surface area (Å²) in [7, 11) is 0. The molecule has 4 nitrogen and oxygen atoms in total. The first-order valence-electron chi connectivity index (χ1n) is 4.64. The molecule has 1 saturated heterocycles. The highest BCUT2D eigenvalue weighted by atomic mass is 16.4. The molecule has 1 aliphatic heterocycles. The van der Waals surface area contributed by atoms with Gasteiger partial charge in [-0.05, 0) is 26.2 Å². The second kappa shape index (κ2) is 4.25. The topological polar surface area (TPSA) is 57.6 Å². The third-order valence-electron chi connectivity index (χ3n) is 2.41. The molecule has 0 aromatic carbocycles. The van der Waals surface area contributed by atoms with Crippen molar-refractivity contribution in [2.45, 2.75) is 26.2 Å². The lowest BCUT2D eigenvalue weighted by atomic mass is 10.1. The van der Waals surface area contributed by atoms with Crippen LogP contribution in [-0.4, -0.2) is 35.0 Å². The molecular formula is C9H15NO3. The average molecular weight is 185 g/mol. The number of rotatable bonds is 2. The molecule has 1 amide bonds. The number of carboxylic acids is 1. The van der Waals surface area contributed by atoms with Crippen molar-refractivity contribution < 1.29 is 14.7 Å². The maximum atomic E-state index is 11.5. The highest BCUT2D eigenvalue weighted by Crippen LogP contribution is 2.12. The molecule has 0 bridgehead atoms. The van der Waals surface area contributed by atoms with Crippen LogP contribution in [-0.2, 0) is 9.59 Å². The summed E-state index contributed by atoms with van der Waals surface area (Å²) < 4.78 is 0. The van der Waals surface area contributed by atoms with Gasteiger partial charge < -0.3 is 10.0 Å². The van der Waals surface area contributed by atoms with Gasteiger partial charge in [0, 0.05) is 13.1 Å². The van der Waals surface area contributed by atoms with E-state index in [4.69, 9.17) is 5.11 Å². The van der Waals surface area contributed by atoms with Crippen LogP contribution in [0.3, 0.4) is 0 Å². The Hall–Kier alpha value is -1.06. The van der Waals surface area contributed by atoms with Crippen molar-refractivity contribution in [1.82, 2.24) is 4.90 Å². The first-order chi connectivity index (χ1) is 6.13. The normalized spacial score (nSPS) is 19.6. The van der Waals surface area contributed by atoms with Crippen LogP contribution in [0.15, 0.2) is 0 Å². The van der Waals surface area contributed by atoms with E-state index in [-0.39, 0.29) is 5.91 Å². The fraction of sp³-hybridized carbons (Fsp3) is 0.778. The van der Waals surface area contributed by atoms with Crippen molar-refractivity contribution >= 4 is 11.9 Å². The van der Waals surface area contributed by atoms with Crippen molar-refractivity contribution in [3.8, 4) is 0 Å². The predicted molar refractivity (Wildman–Crippen MR) is 47.2 cm³/mol. The van der Waals surface area contributed by atoms with Gasteiger partial charge in [-0.3, -0.25) is 9.59 Å². The summed E-state index contributed by atoms with van der Waals surface area (Å²) >= 11 is 0. The Morgan fingerprint density at radius 3 is 2.23 bits per heavy atom. The second-order valence-electron chi connectivity index (χ2n) is 3.45. The molecule has 1 rings (SSSR count). The van der Waals surface area contributed by atoms with Gasteiger partial charge in [0.25, 0.3) is 0 Å². The molecule has 0 aliphatic carbocycles. The van der Waals surface area contributed by atoms with Crippen LogP contribution in [0.25, 0.3) is 0 Å². The molecule has 1 N–H and O–H groups in total. The summed E-state index contributed by atoms with van der Waals surface area (Å²) in [5.74, 6) is -2.17. The molecule has 0 radical (unpaired) electrons. The minimum atomic E-state index is -1.03. The minimum Gasteiger partial charge on any atom is -0.481 e. The van der Waals surface area contributed by atoms with E-state index in [1.54, 1.807) is 4.90 Å². The Morgan fingerprint density at radius 1 is 1.23 bits per heavy atom. The SMILES string of the molecule is CC(C(=O)O)C(=O)N1CCCCC1. The predicted octanol–water partition coefficient (Wildman–Crippen LogP) is 0.720. The fourth-order valence-corrected chi connectivity index (χ4v) is 1.49. The number of aliphatic carboxylic acids is 1. The number of carbonyl (C=O) groups is 2. The number of carboxylic acid groups (broad SMARTS) is 1. The Balaban J connectivity index is 2.50. The molecular weight excluding hydrogens is 170 g/mol. The summed E-state index contributed by atoms with van der Waals surface area (Å²) in [4.78, 5) is 23.7. The van der Waals surface area contributed by atoms with Crippen LogP contribution in [0, 0.1) is 5.92 Å². The summed E-state index contributed by atoms with van der Waals surface area (Å²) in [5, 5.41) is 8.64. The van der Waals surface area contributed by atoms with E-state index in [1.807, 2.05) is 0 Å². The van der Waals surface area contributed by atoms with Crippen molar-refractivity contribution in [3.63, 3.8) is 0 Å². The lowest BCUT2D eigenvalue weighted by molar-refractivity contribution is -0.150. The van der Waals surface area contributed by atoms with E-state index >= 15 is 0 Å². The number of hydrogen-bond acceptors (Lipinski definition) is 2. The van der Waals surface area contributed by atoms with Crippen molar-refractivity contribution in [1.29, 1.82) is 0 Å². The van der Waals surface area contributed by atoms with Gasteiger partial charge in [0.15, 0.2) is 0 Å². The summed E-state index contributed by atoms with van der Waals surface area (Å²) in [6.07, 6.45) is 3.14. The number of nitrogens with zero attached hydrogens (tertiary/aromatic N) is 1. The van der Waals surface area contributed by atoms with Crippen LogP contribution in [0.2, 0.25) is 0 Å². The first kappa shape index (κ1) is 10.0. The fourth-order valence-electron chi connectivity index (χ4n) is 1.49. The van der Waals surface area contributed by atoms with E-state index in [2.05, 4.69) is 0 Å². The Morgan fingerprint density at radius 2 is 1.77 bits per heavy atom. The molecule has 74 valence electrons. The zero-order valence-electron chi connectivity index (χ0n) is 7.82. The molecule has 0 spiro atoms. The largest absolute Gasteiger partial charge is 0.481 e. The number of likely N-dealkylation sites (tertiary alicyclic amines) is 1. The number of hydrogen-bond donors (Lipinski definition) is 1. The van der Waals surface area contributed by atoms with Gasteiger partial charge >= 0.3 is 5.97 Å². The van der Waals surface area contributed by atoms with Crippen LogP contribution in [0.4, 0.5) is 0 Å². The summed E-state index contributed by atoms with van der Waals surface area (Å²) in [6.45, 7) is 2.88. The molecule has 1 aliphatic rings. The first-order valence-corrected chi connectivity index (χ1v) is 4.64. The standard InChI is InChI=1S/C9H15NO3/c1-7(9(12)13)8(11)10-5-3-2-4-6-10/h7H,2-6H2,1H3,(H,12,13). The quantitative estimate of drug-likeness (QED) is 0.645. The van der Waals surface area contributed by atoms with Crippen LogP contribution in [0.1, 0.15) is 26.2 Å². The van der Waals surface area contributed by atoms with Gasteiger partial charge in [-0.1, -0.05) is 0 Å². The van der Waals surface area contributed by atoms with E-state index in [0.29, 0.717) is 0 Å². The van der Waals surface area contributed by atoms with Gasteiger partial charge in [0.05, 0.1) is 0 Å². The van der Waals surface area contributed by atoms with Gasteiger partial charge in [-0.25, -0.2) is 0 Å². The average Bonchev–Trinajstić information content (AvgIpc) is 2.17. The smallest absolute Gasteiger partial charge is 0.315 e. The highest BCUT2D eigenvalue weighted by molar-refractivity contribution is 5.96. The van der Waals surface area contributed by atoms with E-state index in [9.17, 15) is 9.59 Å². The second-order valence-corrected chi connectivity index (χ2v) is 3.45. The molecule has 13 heavy (non-hydrogen) atoms. The summed E-state index contributed by atoms with van der Waals surface area (Å²) in [5.41, 5.74) is 0. The number of carbonyl (C=O) groups excluding carboxylic acids is 1. The number of amides is 1. The number of piperidine rings is 1. The molecule has 0 aromatic rings.